The van der Waals surface area contributed by atoms with Crippen molar-refractivity contribution in [1.82, 2.24) is 10.2 Å². The van der Waals surface area contributed by atoms with Gasteiger partial charge >= 0.3 is 0 Å². The minimum absolute atomic E-state index is 0. The molecule has 0 aromatic heterocycles. The quantitative estimate of drug-likeness (QED) is 0.890. The molecule has 0 radical (unpaired) electrons. The number of carbonyl (C=O) groups excluding carboxylic acids is 1. The highest BCUT2D eigenvalue weighted by molar-refractivity contribution is 5.95. The average Bonchev–Trinajstić information content (AvgIpc) is 3.03. The maximum atomic E-state index is 14.5. The van der Waals surface area contributed by atoms with Crippen molar-refractivity contribution in [3.63, 3.8) is 0 Å². The standard InChI is InChI=1S/C19H20F2N2O.ClH/c1-22-12-16-3-2-10-23(16)19(24)17-9-6-14(11-18(17)21)13-4-7-15(20)8-5-13;/h4-9,11,16,22H,2-3,10,12H2,1H3;1H. The lowest BCUT2D eigenvalue weighted by Crippen LogP contribution is -2.41. The van der Waals surface area contributed by atoms with E-state index in [1.807, 2.05) is 7.05 Å². The minimum Gasteiger partial charge on any atom is -0.334 e. The number of likely N-dealkylation sites (N-methyl/N-ethyl adjacent to an activating group) is 1. The lowest BCUT2D eigenvalue weighted by Gasteiger charge is -2.24. The second-order valence-electron chi connectivity index (χ2n) is 6.05. The van der Waals surface area contributed by atoms with Crippen LogP contribution < -0.4 is 5.32 Å². The van der Waals surface area contributed by atoms with Gasteiger partial charge in [0.1, 0.15) is 11.6 Å². The SMILES string of the molecule is CNCC1CCCN1C(=O)c1ccc(-c2ccc(F)cc2)cc1F.Cl. The number of hydrogen-bond acceptors (Lipinski definition) is 2. The van der Waals surface area contributed by atoms with Gasteiger partial charge in [-0.2, -0.15) is 0 Å². The van der Waals surface area contributed by atoms with E-state index >= 15 is 0 Å². The molecule has 1 saturated heterocycles. The third kappa shape index (κ3) is 4.17. The summed E-state index contributed by atoms with van der Waals surface area (Å²) < 4.78 is 27.5. The normalized spacial score (nSPS) is 16.6. The first kappa shape index (κ1) is 19.3. The summed E-state index contributed by atoms with van der Waals surface area (Å²) in [6.45, 7) is 1.37. The van der Waals surface area contributed by atoms with Crippen LogP contribution in [-0.4, -0.2) is 37.0 Å². The Kier molecular flexibility index (Phi) is 6.51. The first-order chi connectivity index (χ1) is 11.6. The van der Waals surface area contributed by atoms with E-state index in [1.54, 1.807) is 23.1 Å². The number of amides is 1. The molecule has 2 aromatic carbocycles. The van der Waals surface area contributed by atoms with E-state index < -0.39 is 5.82 Å². The zero-order valence-electron chi connectivity index (χ0n) is 14.0. The fourth-order valence-electron chi connectivity index (χ4n) is 3.22. The molecule has 3 rings (SSSR count). The molecule has 1 heterocycles. The summed E-state index contributed by atoms with van der Waals surface area (Å²) in [5, 5.41) is 3.08. The zero-order valence-corrected chi connectivity index (χ0v) is 14.8. The van der Waals surface area contributed by atoms with E-state index in [-0.39, 0.29) is 35.7 Å². The fraction of sp³-hybridized carbons (Fsp3) is 0.316. The lowest BCUT2D eigenvalue weighted by atomic mass is 10.0. The summed E-state index contributed by atoms with van der Waals surface area (Å²) in [4.78, 5) is 14.4. The van der Waals surface area contributed by atoms with Gasteiger partial charge in [0.15, 0.2) is 0 Å². The highest BCUT2D eigenvalue weighted by Gasteiger charge is 2.30. The van der Waals surface area contributed by atoms with Gasteiger partial charge in [0.25, 0.3) is 5.91 Å². The van der Waals surface area contributed by atoms with Gasteiger partial charge < -0.3 is 10.2 Å². The van der Waals surface area contributed by atoms with Gasteiger partial charge in [-0.3, -0.25) is 4.79 Å². The third-order valence-corrected chi connectivity index (χ3v) is 4.45. The molecule has 25 heavy (non-hydrogen) atoms. The van der Waals surface area contributed by atoms with Gasteiger partial charge in [0, 0.05) is 19.1 Å². The second-order valence-corrected chi connectivity index (χ2v) is 6.05. The van der Waals surface area contributed by atoms with Gasteiger partial charge in [-0.15, -0.1) is 12.4 Å². The number of rotatable bonds is 4. The maximum Gasteiger partial charge on any atom is 0.257 e. The van der Waals surface area contributed by atoms with Crippen molar-refractivity contribution in [2.24, 2.45) is 0 Å². The van der Waals surface area contributed by atoms with Crippen LogP contribution in [0, 0.1) is 11.6 Å². The van der Waals surface area contributed by atoms with Gasteiger partial charge in [-0.1, -0.05) is 18.2 Å². The average molecular weight is 367 g/mol. The Balaban J connectivity index is 0.00000225. The van der Waals surface area contributed by atoms with Gasteiger partial charge in [-0.05, 0) is 55.3 Å². The van der Waals surface area contributed by atoms with Crippen LogP contribution in [0.3, 0.4) is 0 Å². The monoisotopic (exact) mass is 366 g/mol. The Bertz CT molecular complexity index is 737. The van der Waals surface area contributed by atoms with Gasteiger partial charge in [0.2, 0.25) is 0 Å². The molecular weight excluding hydrogens is 346 g/mol. The van der Waals surface area contributed by atoms with Crippen molar-refractivity contribution in [1.29, 1.82) is 0 Å². The van der Waals surface area contributed by atoms with E-state index in [4.69, 9.17) is 0 Å². The van der Waals surface area contributed by atoms with Crippen LogP contribution in [0.15, 0.2) is 42.5 Å². The molecule has 3 nitrogen and oxygen atoms in total. The van der Waals surface area contributed by atoms with Gasteiger partial charge in [-0.25, -0.2) is 8.78 Å². The van der Waals surface area contributed by atoms with E-state index in [1.165, 1.54) is 24.3 Å². The molecule has 1 atom stereocenters. The molecule has 1 N–H and O–H groups in total. The minimum atomic E-state index is -0.545. The van der Waals surface area contributed by atoms with Crippen LogP contribution in [0.4, 0.5) is 8.78 Å². The number of hydrogen-bond donors (Lipinski definition) is 1. The molecule has 0 aliphatic carbocycles. The summed E-state index contributed by atoms with van der Waals surface area (Å²) in [7, 11) is 1.85. The molecule has 0 saturated carbocycles. The molecule has 134 valence electrons. The molecule has 1 aliphatic rings. The number of benzene rings is 2. The highest BCUT2D eigenvalue weighted by atomic mass is 35.5. The fourth-order valence-corrected chi connectivity index (χ4v) is 3.22. The molecule has 6 heteroatoms. The van der Waals surface area contributed by atoms with Crippen molar-refractivity contribution in [2.75, 3.05) is 20.1 Å². The Morgan fingerprint density at radius 2 is 1.84 bits per heavy atom. The summed E-state index contributed by atoms with van der Waals surface area (Å²) in [6, 6.07) is 10.5. The van der Waals surface area contributed by atoms with Crippen molar-refractivity contribution in [3.8, 4) is 11.1 Å². The molecular formula is C19H21ClF2N2O. The van der Waals surface area contributed by atoms with Crippen LogP contribution in [0.1, 0.15) is 23.2 Å². The molecule has 1 amide bonds. The Morgan fingerprint density at radius 1 is 1.16 bits per heavy atom. The largest absolute Gasteiger partial charge is 0.334 e. The topological polar surface area (TPSA) is 32.3 Å². The maximum absolute atomic E-state index is 14.5. The molecule has 1 unspecified atom stereocenters. The number of halogens is 3. The summed E-state index contributed by atoms with van der Waals surface area (Å²) >= 11 is 0. The predicted octanol–water partition coefficient (Wildman–Crippen LogP) is 3.88. The summed E-state index contributed by atoms with van der Waals surface area (Å²) in [5.41, 5.74) is 1.42. The van der Waals surface area contributed by atoms with Crippen molar-refractivity contribution < 1.29 is 13.6 Å². The Hall–Kier alpha value is -1.98. The Labute approximate surface area is 152 Å². The van der Waals surface area contributed by atoms with Crippen molar-refractivity contribution in [2.45, 2.75) is 18.9 Å². The van der Waals surface area contributed by atoms with Gasteiger partial charge in [0.05, 0.1) is 5.56 Å². The number of nitrogens with one attached hydrogen (secondary N) is 1. The second kappa shape index (κ2) is 8.41. The van der Waals surface area contributed by atoms with Crippen LogP contribution in [0.5, 0.6) is 0 Å². The lowest BCUT2D eigenvalue weighted by molar-refractivity contribution is 0.0732. The number of likely N-dealkylation sites (tertiary alicyclic amines) is 1. The molecule has 1 aliphatic heterocycles. The third-order valence-electron chi connectivity index (χ3n) is 4.45. The van der Waals surface area contributed by atoms with Crippen LogP contribution in [0.2, 0.25) is 0 Å². The van der Waals surface area contributed by atoms with Crippen LogP contribution in [-0.2, 0) is 0 Å². The summed E-state index contributed by atoms with van der Waals surface area (Å²) in [6.07, 6.45) is 1.87. The van der Waals surface area contributed by atoms with Crippen LogP contribution >= 0.6 is 12.4 Å². The van der Waals surface area contributed by atoms with Crippen molar-refractivity contribution in [3.05, 3.63) is 59.7 Å². The number of nitrogens with zero attached hydrogens (tertiary/aromatic N) is 1. The van der Waals surface area contributed by atoms with E-state index in [0.717, 1.165) is 12.8 Å². The smallest absolute Gasteiger partial charge is 0.257 e. The molecule has 0 bridgehead atoms. The molecule has 1 fully saturated rings. The number of carbonyl (C=O) groups is 1. The Morgan fingerprint density at radius 3 is 2.48 bits per heavy atom. The molecule has 2 aromatic rings. The van der Waals surface area contributed by atoms with Crippen molar-refractivity contribution >= 4 is 18.3 Å². The van der Waals surface area contributed by atoms with E-state index in [0.29, 0.717) is 24.2 Å². The zero-order chi connectivity index (χ0) is 17.1. The van der Waals surface area contributed by atoms with E-state index in [2.05, 4.69) is 5.32 Å². The first-order valence-corrected chi connectivity index (χ1v) is 8.11. The predicted molar refractivity (Wildman–Crippen MR) is 97.0 cm³/mol. The first-order valence-electron chi connectivity index (χ1n) is 8.11. The highest BCUT2D eigenvalue weighted by Crippen LogP contribution is 2.25. The molecule has 0 spiro atoms. The summed E-state index contributed by atoms with van der Waals surface area (Å²) in [5.74, 6) is -1.15. The van der Waals surface area contributed by atoms with E-state index in [9.17, 15) is 13.6 Å². The van der Waals surface area contributed by atoms with Crippen LogP contribution in [0.25, 0.3) is 11.1 Å².